The van der Waals surface area contributed by atoms with Gasteiger partial charge in [0.1, 0.15) is 0 Å². The molecule has 0 saturated heterocycles. The molecule has 1 N–H and O–H groups in total. The summed E-state index contributed by atoms with van der Waals surface area (Å²) in [5.74, 6) is -0.323. The molecule has 2 aromatic carbocycles. The highest BCUT2D eigenvalue weighted by Crippen LogP contribution is 2.22. The van der Waals surface area contributed by atoms with Crippen molar-refractivity contribution in [3.05, 3.63) is 59.7 Å². The van der Waals surface area contributed by atoms with E-state index in [1.807, 2.05) is 12.1 Å². The topological polar surface area (TPSA) is 38.3 Å². The average molecular weight is 301 g/mol. The van der Waals surface area contributed by atoms with Crippen LogP contribution < -0.4 is 5.32 Å². The summed E-state index contributed by atoms with van der Waals surface area (Å²) in [5.41, 5.74) is 2.66. The van der Waals surface area contributed by atoms with Crippen molar-refractivity contribution in [1.29, 1.82) is 0 Å². The third-order valence-corrected chi connectivity index (χ3v) is 4.03. The van der Waals surface area contributed by atoms with Crippen LogP contribution in [0.2, 0.25) is 0 Å². The highest BCUT2D eigenvalue weighted by Gasteiger charge is 2.08. The second-order valence-corrected chi connectivity index (χ2v) is 5.59. The number of nitrogens with one attached hydrogen (secondary N) is 1. The Morgan fingerprint density at radius 3 is 2.52 bits per heavy atom. The third kappa shape index (κ3) is 4.02. The maximum Gasteiger partial charge on any atom is 0.337 e. The van der Waals surface area contributed by atoms with Crippen molar-refractivity contribution in [3.8, 4) is 0 Å². The first-order valence-corrected chi connectivity index (χ1v) is 7.95. The summed E-state index contributed by atoms with van der Waals surface area (Å²) in [6, 6.07) is 16.0. The molecule has 1 unspecified atom stereocenters. The number of hydrogen-bond acceptors (Lipinski definition) is 4. The van der Waals surface area contributed by atoms with Crippen LogP contribution in [0.15, 0.2) is 53.4 Å². The van der Waals surface area contributed by atoms with Crippen molar-refractivity contribution >= 4 is 23.4 Å². The molecule has 0 fully saturated rings. The van der Waals surface area contributed by atoms with Gasteiger partial charge < -0.3 is 10.1 Å². The Morgan fingerprint density at radius 2 is 1.90 bits per heavy atom. The van der Waals surface area contributed by atoms with Crippen LogP contribution in [0.25, 0.3) is 0 Å². The summed E-state index contributed by atoms with van der Waals surface area (Å²) < 4.78 is 4.74. The van der Waals surface area contributed by atoms with Crippen molar-refractivity contribution in [2.24, 2.45) is 0 Å². The number of methoxy groups -OCH3 is 1. The second-order valence-electron chi connectivity index (χ2n) is 4.71. The zero-order valence-corrected chi connectivity index (χ0v) is 13.2. The highest BCUT2D eigenvalue weighted by atomic mass is 32.2. The van der Waals surface area contributed by atoms with Crippen LogP contribution in [0.3, 0.4) is 0 Å². The summed E-state index contributed by atoms with van der Waals surface area (Å²) in [5, 5.41) is 3.40. The number of benzene rings is 2. The van der Waals surface area contributed by atoms with E-state index in [-0.39, 0.29) is 12.0 Å². The molecule has 1 atom stereocenters. The summed E-state index contributed by atoms with van der Waals surface area (Å²) in [6.07, 6.45) is 2.06. The fraction of sp³-hybridized carbons (Fsp3) is 0.235. The van der Waals surface area contributed by atoms with Gasteiger partial charge in [0.25, 0.3) is 0 Å². The maximum atomic E-state index is 11.5. The molecule has 0 saturated carbocycles. The fourth-order valence-electron chi connectivity index (χ4n) is 2.08. The number of esters is 1. The lowest BCUT2D eigenvalue weighted by Gasteiger charge is -2.16. The Bertz CT molecular complexity index is 610. The minimum absolute atomic E-state index is 0.161. The van der Waals surface area contributed by atoms with Crippen molar-refractivity contribution in [2.45, 2.75) is 17.9 Å². The van der Waals surface area contributed by atoms with Crippen molar-refractivity contribution in [1.82, 2.24) is 0 Å². The predicted octanol–water partition coefficient (Wildman–Crippen LogP) is 4.37. The molecular weight excluding hydrogens is 282 g/mol. The fourth-order valence-corrected chi connectivity index (χ4v) is 2.49. The first-order chi connectivity index (χ1) is 10.1. The molecule has 3 nitrogen and oxygen atoms in total. The Labute approximate surface area is 129 Å². The average Bonchev–Trinajstić information content (AvgIpc) is 2.54. The molecule has 2 aromatic rings. The minimum Gasteiger partial charge on any atom is -0.465 e. The molecular formula is C17H19NO2S. The van der Waals surface area contributed by atoms with Crippen LogP contribution in [-0.4, -0.2) is 19.3 Å². The van der Waals surface area contributed by atoms with E-state index >= 15 is 0 Å². The van der Waals surface area contributed by atoms with Crippen LogP contribution in [0.5, 0.6) is 0 Å². The SMILES string of the molecule is COC(=O)c1cccc(NC(C)c2ccc(SC)cc2)c1. The standard InChI is InChI=1S/C17H19NO2S/c1-12(13-7-9-16(21-3)10-8-13)18-15-6-4-5-14(11-15)17(19)20-2/h4-12,18H,1-3H3. The number of rotatable bonds is 5. The van der Waals surface area contributed by atoms with Gasteiger partial charge in [0.15, 0.2) is 0 Å². The molecule has 4 heteroatoms. The van der Waals surface area contributed by atoms with Gasteiger partial charge in [-0.3, -0.25) is 0 Å². The van der Waals surface area contributed by atoms with Gasteiger partial charge >= 0.3 is 5.97 Å². The first-order valence-electron chi connectivity index (χ1n) is 6.73. The van der Waals surface area contributed by atoms with E-state index in [4.69, 9.17) is 4.74 Å². The molecule has 21 heavy (non-hydrogen) atoms. The smallest absolute Gasteiger partial charge is 0.337 e. The predicted molar refractivity (Wildman–Crippen MR) is 88.0 cm³/mol. The monoisotopic (exact) mass is 301 g/mol. The van der Waals surface area contributed by atoms with E-state index in [1.165, 1.54) is 17.6 Å². The molecule has 0 amide bonds. The van der Waals surface area contributed by atoms with Crippen molar-refractivity contribution < 1.29 is 9.53 Å². The summed E-state index contributed by atoms with van der Waals surface area (Å²) in [7, 11) is 1.39. The van der Waals surface area contributed by atoms with Crippen LogP contribution in [0.1, 0.15) is 28.9 Å². The van der Waals surface area contributed by atoms with E-state index in [0.29, 0.717) is 5.56 Å². The van der Waals surface area contributed by atoms with Crippen molar-refractivity contribution in [2.75, 3.05) is 18.7 Å². The molecule has 0 heterocycles. The van der Waals surface area contributed by atoms with Crippen LogP contribution in [0, 0.1) is 0 Å². The zero-order chi connectivity index (χ0) is 15.2. The molecule has 0 aromatic heterocycles. The molecule has 0 aliphatic carbocycles. The van der Waals surface area contributed by atoms with Gasteiger partial charge in [-0.1, -0.05) is 18.2 Å². The third-order valence-electron chi connectivity index (χ3n) is 3.28. The van der Waals surface area contributed by atoms with Gasteiger partial charge in [-0.25, -0.2) is 4.79 Å². The number of hydrogen-bond donors (Lipinski definition) is 1. The van der Waals surface area contributed by atoms with Crippen LogP contribution in [-0.2, 0) is 4.74 Å². The van der Waals surface area contributed by atoms with E-state index in [0.717, 1.165) is 5.69 Å². The van der Waals surface area contributed by atoms with Crippen molar-refractivity contribution in [3.63, 3.8) is 0 Å². The second kappa shape index (κ2) is 7.18. The lowest BCUT2D eigenvalue weighted by atomic mass is 10.1. The molecule has 2 rings (SSSR count). The van der Waals surface area contributed by atoms with E-state index in [9.17, 15) is 4.79 Å². The van der Waals surface area contributed by atoms with Crippen LogP contribution >= 0.6 is 11.8 Å². The quantitative estimate of drug-likeness (QED) is 0.657. The van der Waals surface area contributed by atoms with E-state index < -0.39 is 0 Å². The molecule has 0 spiro atoms. The van der Waals surface area contributed by atoms with E-state index in [1.54, 1.807) is 23.9 Å². The summed E-state index contributed by atoms with van der Waals surface area (Å²) in [6.45, 7) is 2.10. The lowest BCUT2D eigenvalue weighted by molar-refractivity contribution is 0.0601. The Kier molecular flexibility index (Phi) is 5.28. The molecule has 0 radical (unpaired) electrons. The van der Waals surface area contributed by atoms with Gasteiger partial charge in [-0.05, 0) is 49.1 Å². The summed E-state index contributed by atoms with van der Waals surface area (Å²) >= 11 is 1.73. The highest BCUT2D eigenvalue weighted by molar-refractivity contribution is 7.98. The number of carbonyl (C=O) groups is 1. The first kappa shape index (κ1) is 15.4. The van der Waals surface area contributed by atoms with Gasteiger partial charge in [-0.2, -0.15) is 0 Å². The molecule has 0 bridgehead atoms. The number of ether oxygens (including phenoxy) is 1. The van der Waals surface area contributed by atoms with E-state index in [2.05, 4.69) is 42.8 Å². The number of thioether (sulfide) groups is 1. The molecule has 0 aliphatic rings. The Balaban J connectivity index is 2.11. The normalized spacial score (nSPS) is 11.8. The summed E-state index contributed by atoms with van der Waals surface area (Å²) in [4.78, 5) is 12.8. The van der Waals surface area contributed by atoms with Gasteiger partial charge in [0.2, 0.25) is 0 Å². The molecule has 0 aliphatic heterocycles. The molecule has 110 valence electrons. The largest absolute Gasteiger partial charge is 0.465 e. The Morgan fingerprint density at radius 1 is 1.19 bits per heavy atom. The maximum absolute atomic E-state index is 11.5. The lowest BCUT2D eigenvalue weighted by Crippen LogP contribution is -2.08. The zero-order valence-electron chi connectivity index (χ0n) is 12.4. The number of carbonyl (C=O) groups excluding carboxylic acids is 1. The van der Waals surface area contributed by atoms with Gasteiger partial charge in [0.05, 0.1) is 12.7 Å². The van der Waals surface area contributed by atoms with Gasteiger partial charge in [-0.15, -0.1) is 11.8 Å². The minimum atomic E-state index is -0.323. The van der Waals surface area contributed by atoms with Crippen LogP contribution in [0.4, 0.5) is 5.69 Å². The van der Waals surface area contributed by atoms with Gasteiger partial charge in [0, 0.05) is 16.6 Å². The number of anilines is 1. The Hall–Kier alpha value is -1.94.